The van der Waals surface area contributed by atoms with Crippen molar-refractivity contribution >= 4 is 30.1 Å². The average molecular weight is 294 g/mol. The quantitative estimate of drug-likeness (QED) is 0.741. The maximum atomic E-state index is 13.4. The van der Waals surface area contributed by atoms with Crippen LogP contribution in [0.5, 0.6) is 0 Å². The van der Waals surface area contributed by atoms with Gasteiger partial charge in [-0.3, -0.25) is 15.0 Å². The Bertz CT molecular complexity index is 589. The maximum Gasteiger partial charge on any atom is 0.162 e. The number of hydrogen-bond acceptors (Lipinski definition) is 3. The van der Waals surface area contributed by atoms with E-state index in [9.17, 15) is 4.39 Å². The van der Waals surface area contributed by atoms with Gasteiger partial charge >= 0.3 is 0 Å². The predicted molar refractivity (Wildman–Crippen MR) is 84.4 cm³/mol. The first kappa shape index (κ1) is 16.2. The van der Waals surface area contributed by atoms with Crippen molar-refractivity contribution in [2.24, 2.45) is 9.98 Å². The molecule has 0 aromatic carbocycles. The number of allylic oxidation sites excluding steroid dienone is 3. The highest BCUT2D eigenvalue weighted by Gasteiger charge is 2.06. The van der Waals surface area contributed by atoms with E-state index in [0.29, 0.717) is 11.6 Å². The summed E-state index contributed by atoms with van der Waals surface area (Å²) in [6, 6.07) is 1.83. The minimum Gasteiger partial charge on any atom is -0.285 e. The molecule has 0 saturated carbocycles. The number of aryl methyl sites for hydroxylation is 1. The number of hydrogen-bond donors (Lipinski definition) is 0. The van der Waals surface area contributed by atoms with Gasteiger partial charge in [0, 0.05) is 17.5 Å². The van der Waals surface area contributed by atoms with Crippen LogP contribution in [0.25, 0.3) is 5.57 Å². The van der Waals surface area contributed by atoms with Crippen LogP contribution in [-0.4, -0.2) is 24.5 Å². The minimum atomic E-state index is -0.489. The Kier molecular flexibility index (Phi) is 6.25. The third-order valence-corrected chi connectivity index (χ3v) is 3.00. The van der Waals surface area contributed by atoms with Crippen LogP contribution < -0.4 is 0 Å². The van der Waals surface area contributed by atoms with Crippen LogP contribution in [0.2, 0.25) is 5.02 Å². The Morgan fingerprint density at radius 2 is 2.25 bits per heavy atom. The van der Waals surface area contributed by atoms with Gasteiger partial charge in [-0.05, 0) is 39.1 Å². The Labute approximate surface area is 123 Å². The van der Waals surface area contributed by atoms with E-state index < -0.39 is 5.83 Å². The summed E-state index contributed by atoms with van der Waals surface area (Å²) in [5.74, 6) is -0.489. The fourth-order valence-electron chi connectivity index (χ4n) is 1.56. The van der Waals surface area contributed by atoms with E-state index in [4.69, 9.17) is 11.6 Å². The first-order valence-electron chi connectivity index (χ1n) is 6.10. The molecule has 0 aliphatic carbocycles. The second kappa shape index (κ2) is 7.70. The van der Waals surface area contributed by atoms with E-state index in [1.165, 1.54) is 6.92 Å². The normalized spacial score (nSPS) is 13.6. The average Bonchev–Trinajstić information content (AvgIpc) is 2.45. The lowest BCUT2D eigenvalue weighted by Crippen LogP contribution is -1.96. The van der Waals surface area contributed by atoms with Crippen molar-refractivity contribution in [1.82, 2.24) is 4.98 Å². The highest BCUT2D eigenvalue weighted by atomic mass is 35.5. The van der Waals surface area contributed by atoms with Crippen LogP contribution in [-0.2, 0) is 0 Å². The van der Waals surface area contributed by atoms with Crippen molar-refractivity contribution < 1.29 is 4.39 Å². The molecule has 0 aliphatic heterocycles. The molecule has 0 unspecified atom stereocenters. The molecule has 0 atom stereocenters. The standard InChI is InChI=1S/C15H17ClFN3/c1-5-12(7-19-9-15(17)11(3)18-4)14-6-13(16)8-20-10(14)2/h5-6,8-9H,4,7H2,1-3H3/b12-5-,15-11+,19-9-. The van der Waals surface area contributed by atoms with Gasteiger partial charge in [0.25, 0.3) is 0 Å². The van der Waals surface area contributed by atoms with Crippen molar-refractivity contribution in [2.75, 3.05) is 6.54 Å². The molecular weight excluding hydrogens is 277 g/mol. The van der Waals surface area contributed by atoms with Crippen molar-refractivity contribution in [1.29, 1.82) is 0 Å². The Hall–Kier alpha value is -1.81. The molecule has 1 rings (SSSR count). The van der Waals surface area contributed by atoms with Gasteiger partial charge in [0.05, 0.1) is 23.5 Å². The van der Waals surface area contributed by atoms with Gasteiger partial charge in [-0.1, -0.05) is 17.7 Å². The lowest BCUT2D eigenvalue weighted by Gasteiger charge is -2.08. The molecule has 1 heterocycles. The molecule has 0 saturated heterocycles. The van der Waals surface area contributed by atoms with Crippen LogP contribution in [0.3, 0.4) is 0 Å². The van der Waals surface area contributed by atoms with E-state index in [1.54, 1.807) is 6.20 Å². The molecular formula is C15H17ClFN3. The Balaban J connectivity index is 2.92. The Morgan fingerprint density at radius 3 is 2.85 bits per heavy atom. The number of nitrogens with zero attached hydrogens (tertiary/aromatic N) is 3. The lowest BCUT2D eigenvalue weighted by molar-refractivity contribution is 0.672. The maximum absolute atomic E-state index is 13.4. The predicted octanol–water partition coefficient (Wildman–Crippen LogP) is 4.42. The second-order valence-corrected chi connectivity index (χ2v) is 4.60. The summed E-state index contributed by atoms with van der Waals surface area (Å²) in [6.07, 6.45) is 4.66. The van der Waals surface area contributed by atoms with Crippen molar-refractivity contribution in [2.45, 2.75) is 20.8 Å². The van der Waals surface area contributed by atoms with Crippen LogP contribution in [0.1, 0.15) is 25.1 Å². The highest BCUT2D eigenvalue weighted by molar-refractivity contribution is 6.30. The van der Waals surface area contributed by atoms with E-state index in [-0.39, 0.29) is 5.70 Å². The van der Waals surface area contributed by atoms with Gasteiger partial charge in [-0.2, -0.15) is 0 Å². The van der Waals surface area contributed by atoms with Gasteiger partial charge < -0.3 is 0 Å². The van der Waals surface area contributed by atoms with Gasteiger partial charge in [-0.25, -0.2) is 4.39 Å². The summed E-state index contributed by atoms with van der Waals surface area (Å²) in [5.41, 5.74) is 2.93. The number of pyridine rings is 1. The molecule has 106 valence electrons. The molecule has 5 heteroatoms. The zero-order valence-electron chi connectivity index (χ0n) is 11.8. The first-order valence-corrected chi connectivity index (χ1v) is 6.48. The minimum absolute atomic E-state index is 0.219. The van der Waals surface area contributed by atoms with Crippen LogP contribution in [0.15, 0.2) is 39.8 Å². The van der Waals surface area contributed by atoms with E-state index >= 15 is 0 Å². The molecule has 0 bridgehead atoms. The third-order valence-electron chi connectivity index (χ3n) is 2.80. The molecule has 0 spiro atoms. The van der Waals surface area contributed by atoms with E-state index in [1.807, 2.05) is 26.0 Å². The zero-order chi connectivity index (χ0) is 15.1. The fraction of sp³-hybridized carbons (Fsp3) is 0.267. The highest BCUT2D eigenvalue weighted by Crippen LogP contribution is 2.21. The van der Waals surface area contributed by atoms with Crippen LogP contribution >= 0.6 is 11.6 Å². The summed E-state index contributed by atoms with van der Waals surface area (Å²) < 4.78 is 13.4. The summed E-state index contributed by atoms with van der Waals surface area (Å²) >= 11 is 5.95. The number of halogens is 2. The molecule has 1 aromatic rings. The van der Waals surface area contributed by atoms with Gasteiger partial charge in [0.2, 0.25) is 0 Å². The summed E-state index contributed by atoms with van der Waals surface area (Å²) in [4.78, 5) is 11.8. The van der Waals surface area contributed by atoms with Crippen molar-refractivity contribution in [3.05, 3.63) is 46.1 Å². The number of aromatic nitrogens is 1. The molecule has 0 radical (unpaired) electrons. The fourth-order valence-corrected chi connectivity index (χ4v) is 1.72. The lowest BCUT2D eigenvalue weighted by atomic mass is 10.0. The monoisotopic (exact) mass is 293 g/mol. The Morgan fingerprint density at radius 1 is 1.55 bits per heavy atom. The van der Waals surface area contributed by atoms with Gasteiger partial charge in [-0.15, -0.1) is 0 Å². The zero-order valence-corrected chi connectivity index (χ0v) is 12.6. The largest absolute Gasteiger partial charge is 0.285 e. The molecule has 0 aliphatic rings. The molecule has 20 heavy (non-hydrogen) atoms. The summed E-state index contributed by atoms with van der Waals surface area (Å²) in [7, 11) is 0. The molecule has 3 nitrogen and oxygen atoms in total. The molecule has 0 N–H and O–H groups in total. The molecule has 0 fully saturated rings. The number of aliphatic imine (C=N–C) groups is 2. The van der Waals surface area contributed by atoms with Crippen LogP contribution in [0, 0.1) is 6.92 Å². The van der Waals surface area contributed by atoms with E-state index in [0.717, 1.165) is 23.0 Å². The van der Waals surface area contributed by atoms with Crippen molar-refractivity contribution in [3.8, 4) is 0 Å². The first-order chi connectivity index (χ1) is 9.49. The van der Waals surface area contributed by atoms with Crippen molar-refractivity contribution in [3.63, 3.8) is 0 Å². The summed E-state index contributed by atoms with van der Waals surface area (Å²) in [6.45, 7) is 8.94. The van der Waals surface area contributed by atoms with E-state index in [2.05, 4.69) is 21.7 Å². The SMILES string of the molecule is C=N/C(C)=C(F)\C=N/C/C(=C/C)c1cc(Cl)cnc1C. The topological polar surface area (TPSA) is 37.6 Å². The number of rotatable bonds is 5. The molecule has 0 amide bonds. The van der Waals surface area contributed by atoms with Crippen LogP contribution in [0.4, 0.5) is 4.39 Å². The summed E-state index contributed by atoms with van der Waals surface area (Å²) in [5, 5.41) is 0.562. The van der Waals surface area contributed by atoms with Gasteiger partial charge in [0.1, 0.15) is 0 Å². The second-order valence-electron chi connectivity index (χ2n) is 4.16. The third kappa shape index (κ3) is 4.38. The molecule has 1 aromatic heterocycles. The smallest absolute Gasteiger partial charge is 0.162 e. The van der Waals surface area contributed by atoms with Gasteiger partial charge in [0.15, 0.2) is 5.83 Å².